The number of ether oxygens (including phenoxy) is 3. The fraction of sp³-hybridized carbons (Fsp3) is 0.776. The first-order chi connectivity index (χ1) is 27.0. The summed E-state index contributed by atoms with van der Waals surface area (Å²) in [6, 6.07) is 0. The van der Waals surface area contributed by atoms with E-state index in [1.54, 1.807) is 0 Å². The second-order valence-electron chi connectivity index (χ2n) is 15.3. The lowest BCUT2D eigenvalue weighted by molar-refractivity contribution is -0.167. The number of hydrogen-bond acceptors (Lipinski definition) is 6. The lowest BCUT2D eigenvalue weighted by Crippen LogP contribution is -2.30. The van der Waals surface area contributed by atoms with Crippen LogP contribution in [0.1, 0.15) is 226 Å². The van der Waals surface area contributed by atoms with Gasteiger partial charge >= 0.3 is 17.9 Å². The highest BCUT2D eigenvalue weighted by molar-refractivity contribution is 5.71. The molecular weight excluding hydrogens is 685 g/mol. The van der Waals surface area contributed by atoms with Gasteiger partial charge in [0.05, 0.1) is 0 Å². The first-order valence-corrected chi connectivity index (χ1v) is 23.1. The molecule has 1 unspecified atom stereocenters. The normalized spacial score (nSPS) is 12.4. The van der Waals surface area contributed by atoms with E-state index in [4.69, 9.17) is 14.2 Å². The largest absolute Gasteiger partial charge is 0.462 e. The van der Waals surface area contributed by atoms with Crippen LogP contribution in [-0.2, 0) is 28.6 Å². The predicted molar refractivity (Wildman–Crippen MR) is 233 cm³/mol. The Morgan fingerprint density at radius 1 is 0.364 bits per heavy atom. The molecule has 0 fully saturated rings. The highest BCUT2D eigenvalue weighted by Gasteiger charge is 2.19. The summed E-state index contributed by atoms with van der Waals surface area (Å²) in [6.45, 7) is 6.50. The van der Waals surface area contributed by atoms with Crippen LogP contribution >= 0.6 is 0 Å². The molecule has 0 aromatic carbocycles. The van der Waals surface area contributed by atoms with Crippen molar-refractivity contribution in [2.75, 3.05) is 13.2 Å². The molecule has 0 aliphatic heterocycles. The van der Waals surface area contributed by atoms with E-state index in [-0.39, 0.29) is 31.1 Å². The van der Waals surface area contributed by atoms with Gasteiger partial charge in [-0.05, 0) is 83.5 Å². The average molecular weight is 771 g/mol. The summed E-state index contributed by atoms with van der Waals surface area (Å²) in [7, 11) is 0. The van der Waals surface area contributed by atoms with Crippen LogP contribution in [0, 0.1) is 0 Å². The van der Waals surface area contributed by atoms with Gasteiger partial charge in [-0.2, -0.15) is 0 Å². The van der Waals surface area contributed by atoms with E-state index in [1.165, 1.54) is 83.5 Å². The summed E-state index contributed by atoms with van der Waals surface area (Å²) in [5, 5.41) is 0. The Bertz CT molecular complexity index is 980. The third-order valence-electron chi connectivity index (χ3n) is 9.81. The quantitative estimate of drug-likeness (QED) is 0.0267. The van der Waals surface area contributed by atoms with Crippen molar-refractivity contribution in [3.05, 3.63) is 48.6 Å². The molecule has 0 radical (unpaired) electrons. The van der Waals surface area contributed by atoms with Crippen molar-refractivity contribution < 1.29 is 28.6 Å². The van der Waals surface area contributed by atoms with E-state index in [0.29, 0.717) is 19.3 Å². The van der Waals surface area contributed by atoms with Crippen LogP contribution in [0.2, 0.25) is 0 Å². The van der Waals surface area contributed by atoms with Crippen molar-refractivity contribution in [1.29, 1.82) is 0 Å². The van der Waals surface area contributed by atoms with Gasteiger partial charge in [-0.1, -0.05) is 172 Å². The van der Waals surface area contributed by atoms with Crippen molar-refractivity contribution >= 4 is 17.9 Å². The molecule has 0 bridgehead atoms. The van der Waals surface area contributed by atoms with Crippen LogP contribution in [0.25, 0.3) is 0 Å². The van der Waals surface area contributed by atoms with Gasteiger partial charge in [0, 0.05) is 19.3 Å². The maximum Gasteiger partial charge on any atom is 0.306 e. The summed E-state index contributed by atoms with van der Waals surface area (Å²) in [5.74, 6) is -0.922. The van der Waals surface area contributed by atoms with Gasteiger partial charge in [0.2, 0.25) is 0 Å². The third kappa shape index (κ3) is 42.4. The van der Waals surface area contributed by atoms with Crippen LogP contribution in [0.3, 0.4) is 0 Å². The smallest absolute Gasteiger partial charge is 0.306 e. The molecule has 6 nitrogen and oxygen atoms in total. The molecule has 55 heavy (non-hydrogen) atoms. The minimum Gasteiger partial charge on any atom is -0.462 e. The lowest BCUT2D eigenvalue weighted by atomic mass is 10.1. The van der Waals surface area contributed by atoms with Gasteiger partial charge in [0.1, 0.15) is 13.2 Å². The van der Waals surface area contributed by atoms with Gasteiger partial charge in [-0.25, -0.2) is 0 Å². The van der Waals surface area contributed by atoms with Gasteiger partial charge in [-0.3, -0.25) is 14.4 Å². The second-order valence-corrected chi connectivity index (χ2v) is 15.3. The van der Waals surface area contributed by atoms with Gasteiger partial charge in [0.25, 0.3) is 0 Å². The van der Waals surface area contributed by atoms with Gasteiger partial charge < -0.3 is 14.2 Å². The first-order valence-electron chi connectivity index (χ1n) is 23.1. The van der Waals surface area contributed by atoms with Gasteiger partial charge in [-0.15, -0.1) is 0 Å². The Morgan fingerprint density at radius 2 is 0.655 bits per heavy atom. The molecule has 0 spiro atoms. The molecule has 0 rings (SSSR count). The van der Waals surface area contributed by atoms with E-state index in [1.807, 2.05) is 0 Å². The number of unbranched alkanes of at least 4 members (excludes halogenated alkanes) is 22. The van der Waals surface area contributed by atoms with E-state index < -0.39 is 6.10 Å². The lowest BCUT2D eigenvalue weighted by Gasteiger charge is -2.18. The fourth-order valence-corrected chi connectivity index (χ4v) is 6.27. The Kier molecular flexibility index (Phi) is 42.0. The number of esters is 3. The SMILES string of the molecule is CCCCC/C=C\C/C=C\CCCCCCCC(=O)OC(COC(=O)CCCCCCCC)COC(=O)CCCCCCC/C=C\C/C=C\CCCCCC. The second kappa shape index (κ2) is 44.1. The third-order valence-corrected chi connectivity index (χ3v) is 9.81. The van der Waals surface area contributed by atoms with E-state index in [9.17, 15) is 14.4 Å². The summed E-state index contributed by atoms with van der Waals surface area (Å²) >= 11 is 0. The minimum absolute atomic E-state index is 0.0837. The number of rotatable bonds is 41. The fourth-order valence-electron chi connectivity index (χ4n) is 6.27. The van der Waals surface area contributed by atoms with E-state index in [2.05, 4.69) is 69.4 Å². The summed E-state index contributed by atoms with van der Waals surface area (Å²) in [5.41, 5.74) is 0. The van der Waals surface area contributed by atoms with Crippen molar-refractivity contribution in [1.82, 2.24) is 0 Å². The van der Waals surface area contributed by atoms with E-state index >= 15 is 0 Å². The Labute approximate surface area is 339 Å². The van der Waals surface area contributed by atoms with Gasteiger partial charge in [0.15, 0.2) is 6.10 Å². The molecule has 0 aromatic rings. The molecule has 0 aliphatic rings. The van der Waals surface area contributed by atoms with E-state index in [0.717, 1.165) is 103 Å². The molecule has 0 N–H and O–H groups in total. The molecule has 0 aliphatic carbocycles. The summed E-state index contributed by atoms with van der Waals surface area (Å²) < 4.78 is 16.6. The number of carbonyl (C=O) groups is 3. The topological polar surface area (TPSA) is 78.9 Å². The first kappa shape index (κ1) is 52.4. The maximum atomic E-state index is 12.7. The zero-order valence-electron chi connectivity index (χ0n) is 36.2. The standard InChI is InChI=1S/C49H86O6/c1-4-7-10-13-16-18-20-22-24-26-27-29-31-33-36-39-42-48(51)54-45-46(44-53-47(50)41-38-35-15-12-9-6-3)55-49(52)43-40-37-34-32-30-28-25-23-21-19-17-14-11-8-5-2/h17-20,23-26,46H,4-16,21-22,27-45H2,1-3H3/b19-17-,20-18-,25-23-,26-24-. The molecule has 0 heterocycles. The minimum atomic E-state index is -0.780. The van der Waals surface area contributed by atoms with Crippen molar-refractivity contribution in [3.8, 4) is 0 Å². The zero-order chi connectivity index (χ0) is 40.1. The van der Waals surface area contributed by atoms with Crippen LogP contribution in [0.4, 0.5) is 0 Å². The molecule has 318 valence electrons. The monoisotopic (exact) mass is 771 g/mol. The van der Waals surface area contributed by atoms with Crippen molar-refractivity contribution in [3.63, 3.8) is 0 Å². The summed E-state index contributed by atoms with van der Waals surface area (Å²) in [4.78, 5) is 37.6. The van der Waals surface area contributed by atoms with Crippen LogP contribution in [0.15, 0.2) is 48.6 Å². The Morgan fingerprint density at radius 3 is 1.05 bits per heavy atom. The Balaban J connectivity index is 4.31. The number of allylic oxidation sites excluding steroid dienone is 8. The highest BCUT2D eigenvalue weighted by atomic mass is 16.6. The zero-order valence-corrected chi connectivity index (χ0v) is 36.2. The molecule has 0 aromatic heterocycles. The summed E-state index contributed by atoms with van der Waals surface area (Å²) in [6.07, 6.45) is 51.1. The van der Waals surface area contributed by atoms with Crippen LogP contribution in [0.5, 0.6) is 0 Å². The average Bonchev–Trinajstić information content (AvgIpc) is 3.18. The van der Waals surface area contributed by atoms with Crippen LogP contribution in [-0.4, -0.2) is 37.2 Å². The highest BCUT2D eigenvalue weighted by Crippen LogP contribution is 2.13. The van der Waals surface area contributed by atoms with Crippen LogP contribution < -0.4 is 0 Å². The molecule has 0 saturated heterocycles. The molecule has 0 amide bonds. The Hall–Kier alpha value is -2.63. The molecule has 6 heteroatoms. The molecule has 0 saturated carbocycles. The molecular formula is C49H86O6. The van der Waals surface area contributed by atoms with Crippen molar-refractivity contribution in [2.45, 2.75) is 232 Å². The number of hydrogen-bond donors (Lipinski definition) is 0. The molecule has 1 atom stereocenters. The van der Waals surface area contributed by atoms with Crippen molar-refractivity contribution in [2.24, 2.45) is 0 Å². The predicted octanol–water partition coefficient (Wildman–Crippen LogP) is 14.8. The number of carbonyl (C=O) groups excluding carboxylic acids is 3. The maximum absolute atomic E-state index is 12.7.